The van der Waals surface area contributed by atoms with Crippen LogP contribution in [0.5, 0.6) is 0 Å². The Balaban J connectivity index is 1.81. The van der Waals surface area contributed by atoms with E-state index in [9.17, 15) is 4.79 Å². The summed E-state index contributed by atoms with van der Waals surface area (Å²) in [5.41, 5.74) is 6.73. The lowest BCUT2D eigenvalue weighted by atomic mass is 10.1. The van der Waals surface area contributed by atoms with Crippen LogP contribution in [0.3, 0.4) is 0 Å². The van der Waals surface area contributed by atoms with Gasteiger partial charge in [-0.3, -0.25) is 4.79 Å². The number of hydrogen-bond donors (Lipinski definition) is 2. The molecule has 2 rings (SSSR count). The lowest BCUT2D eigenvalue weighted by Gasteiger charge is -2.12. The average molecular weight is 260 g/mol. The minimum atomic E-state index is -0.588. The monoisotopic (exact) mass is 260 g/mol. The number of rotatable bonds is 5. The number of amides is 1. The number of nitrogens with one attached hydrogen (secondary N) is 1. The maximum atomic E-state index is 11.8. The molecule has 0 unspecified atom stereocenters. The summed E-state index contributed by atoms with van der Waals surface area (Å²) >= 11 is 1.70. The summed E-state index contributed by atoms with van der Waals surface area (Å²) in [5.74, 6) is -0.127. The van der Waals surface area contributed by atoms with E-state index in [4.69, 9.17) is 5.73 Å². The van der Waals surface area contributed by atoms with Gasteiger partial charge in [0.1, 0.15) is 6.04 Å². The van der Waals surface area contributed by atoms with Crippen LogP contribution in [0, 0.1) is 0 Å². The van der Waals surface area contributed by atoms with E-state index in [0.717, 1.165) is 12.0 Å². The molecule has 1 heterocycles. The first-order chi connectivity index (χ1) is 8.77. The Morgan fingerprint density at radius 2 is 2.00 bits per heavy atom. The van der Waals surface area contributed by atoms with Crippen LogP contribution in [-0.2, 0) is 11.2 Å². The average Bonchev–Trinajstić information content (AvgIpc) is 2.92. The molecule has 3 nitrogen and oxygen atoms in total. The van der Waals surface area contributed by atoms with Gasteiger partial charge in [0.2, 0.25) is 5.91 Å². The number of thiophene rings is 1. The van der Waals surface area contributed by atoms with E-state index in [1.807, 2.05) is 41.8 Å². The molecule has 0 aliphatic heterocycles. The standard InChI is InChI=1S/C14H16N2OS/c15-13(11-5-2-1-3-6-11)14(17)16-9-8-12-7-4-10-18-12/h1-7,10,13H,8-9,15H2,(H,16,17)/t13-/m1/s1. The summed E-state index contributed by atoms with van der Waals surface area (Å²) in [6.07, 6.45) is 0.852. The van der Waals surface area contributed by atoms with Crippen molar-refractivity contribution in [1.29, 1.82) is 0 Å². The minimum absolute atomic E-state index is 0.127. The molecule has 1 amide bonds. The molecule has 0 radical (unpaired) electrons. The van der Waals surface area contributed by atoms with Gasteiger partial charge < -0.3 is 11.1 Å². The van der Waals surface area contributed by atoms with Gasteiger partial charge in [-0.25, -0.2) is 0 Å². The highest BCUT2D eigenvalue weighted by molar-refractivity contribution is 7.09. The molecule has 2 aromatic rings. The van der Waals surface area contributed by atoms with Gasteiger partial charge in [-0.1, -0.05) is 36.4 Å². The van der Waals surface area contributed by atoms with E-state index in [1.54, 1.807) is 11.3 Å². The van der Waals surface area contributed by atoms with Crippen LogP contribution < -0.4 is 11.1 Å². The number of carbonyl (C=O) groups is 1. The largest absolute Gasteiger partial charge is 0.354 e. The molecule has 0 fully saturated rings. The molecular formula is C14H16N2OS. The SMILES string of the molecule is N[C@@H](C(=O)NCCc1cccs1)c1ccccc1. The lowest BCUT2D eigenvalue weighted by Crippen LogP contribution is -2.35. The van der Waals surface area contributed by atoms with Gasteiger partial charge in [0.25, 0.3) is 0 Å². The smallest absolute Gasteiger partial charge is 0.241 e. The normalized spacial score (nSPS) is 12.1. The molecule has 1 aromatic heterocycles. The predicted octanol–water partition coefficient (Wildman–Crippen LogP) is 2.11. The summed E-state index contributed by atoms with van der Waals surface area (Å²) in [5, 5.41) is 4.90. The highest BCUT2D eigenvalue weighted by Gasteiger charge is 2.14. The molecule has 18 heavy (non-hydrogen) atoms. The van der Waals surface area contributed by atoms with Crippen molar-refractivity contribution in [2.24, 2.45) is 5.73 Å². The zero-order chi connectivity index (χ0) is 12.8. The third-order valence-electron chi connectivity index (χ3n) is 2.69. The second kappa shape index (κ2) is 6.33. The molecule has 1 atom stereocenters. The lowest BCUT2D eigenvalue weighted by molar-refractivity contribution is -0.122. The summed E-state index contributed by atoms with van der Waals surface area (Å²) in [6, 6.07) is 12.9. The molecule has 1 aromatic carbocycles. The fourth-order valence-corrected chi connectivity index (χ4v) is 2.39. The molecular weight excluding hydrogens is 244 g/mol. The van der Waals surface area contributed by atoms with Crippen molar-refractivity contribution < 1.29 is 4.79 Å². The second-order valence-corrected chi connectivity index (χ2v) is 5.04. The van der Waals surface area contributed by atoms with Crippen molar-refractivity contribution >= 4 is 17.2 Å². The zero-order valence-corrected chi connectivity index (χ0v) is 10.8. The fraction of sp³-hybridized carbons (Fsp3) is 0.214. The molecule has 0 saturated heterocycles. The summed E-state index contributed by atoms with van der Waals surface area (Å²) in [7, 11) is 0. The Hall–Kier alpha value is -1.65. The van der Waals surface area contributed by atoms with Crippen LogP contribution in [0.4, 0.5) is 0 Å². The highest BCUT2D eigenvalue weighted by atomic mass is 32.1. The Bertz CT molecular complexity index is 482. The van der Waals surface area contributed by atoms with Crippen LogP contribution in [0.2, 0.25) is 0 Å². The van der Waals surface area contributed by atoms with Crippen LogP contribution in [0.25, 0.3) is 0 Å². The minimum Gasteiger partial charge on any atom is -0.354 e. The van der Waals surface area contributed by atoms with Crippen molar-refractivity contribution in [3.63, 3.8) is 0 Å². The van der Waals surface area contributed by atoms with Gasteiger partial charge in [-0.15, -0.1) is 11.3 Å². The number of nitrogens with two attached hydrogens (primary N) is 1. The van der Waals surface area contributed by atoms with Crippen LogP contribution >= 0.6 is 11.3 Å². The van der Waals surface area contributed by atoms with Crippen molar-refractivity contribution in [1.82, 2.24) is 5.32 Å². The van der Waals surface area contributed by atoms with Gasteiger partial charge >= 0.3 is 0 Å². The molecule has 0 aliphatic rings. The molecule has 4 heteroatoms. The zero-order valence-electron chi connectivity index (χ0n) is 10.0. The van der Waals surface area contributed by atoms with Crippen molar-refractivity contribution in [2.45, 2.75) is 12.5 Å². The number of hydrogen-bond acceptors (Lipinski definition) is 3. The Kier molecular flexibility index (Phi) is 4.50. The van der Waals surface area contributed by atoms with Gasteiger partial charge in [0.15, 0.2) is 0 Å². The first-order valence-corrected chi connectivity index (χ1v) is 6.76. The third kappa shape index (κ3) is 3.42. The van der Waals surface area contributed by atoms with Crippen molar-refractivity contribution in [2.75, 3.05) is 6.54 Å². The van der Waals surface area contributed by atoms with E-state index < -0.39 is 6.04 Å². The summed E-state index contributed by atoms with van der Waals surface area (Å²) in [6.45, 7) is 0.625. The first-order valence-electron chi connectivity index (χ1n) is 5.88. The van der Waals surface area contributed by atoms with Gasteiger partial charge in [-0.2, -0.15) is 0 Å². The van der Waals surface area contributed by atoms with E-state index >= 15 is 0 Å². The third-order valence-corrected chi connectivity index (χ3v) is 3.63. The van der Waals surface area contributed by atoms with E-state index in [2.05, 4.69) is 11.4 Å². The highest BCUT2D eigenvalue weighted by Crippen LogP contribution is 2.10. The topological polar surface area (TPSA) is 55.1 Å². The molecule has 0 saturated carbocycles. The quantitative estimate of drug-likeness (QED) is 0.865. The van der Waals surface area contributed by atoms with Gasteiger partial charge in [0, 0.05) is 11.4 Å². The maximum absolute atomic E-state index is 11.8. The Morgan fingerprint density at radius 1 is 1.22 bits per heavy atom. The fourth-order valence-electron chi connectivity index (χ4n) is 1.69. The van der Waals surface area contributed by atoms with E-state index in [-0.39, 0.29) is 5.91 Å². The number of benzene rings is 1. The van der Waals surface area contributed by atoms with Gasteiger partial charge in [-0.05, 0) is 23.4 Å². The Labute approximate surface area is 111 Å². The maximum Gasteiger partial charge on any atom is 0.241 e. The predicted molar refractivity (Wildman–Crippen MR) is 74.4 cm³/mol. The van der Waals surface area contributed by atoms with E-state index in [1.165, 1.54) is 4.88 Å². The van der Waals surface area contributed by atoms with Crippen molar-refractivity contribution in [3.8, 4) is 0 Å². The van der Waals surface area contributed by atoms with Crippen LogP contribution in [0.1, 0.15) is 16.5 Å². The van der Waals surface area contributed by atoms with Crippen molar-refractivity contribution in [3.05, 3.63) is 58.3 Å². The van der Waals surface area contributed by atoms with Crippen LogP contribution in [-0.4, -0.2) is 12.5 Å². The van der Waals surface area contributed by atoms with Crippen LogP contribution in [0.15, 0.2) is 47.8 Å². The van der Waals surface area contributed by atoms with E-state index in [0.29, 0.717) is 6.54 Å². The molecule has 3 N–H and O–H groups in total. The summed E-state index contributed by atoms with van der Waals surface area (Å²) < 4.78 is 0. The molecule has 0 aliphatic carbocycles. The Morgan fingerprint density at radius 3 is 2.67 bits per heavy atom. The number of carbonyl (C=O) groups excluding carboxylic acids is 1. The molecule has 0 bridgehead atoms. The first kappa shape index (κ1) is 12.8. The second-order valence-electron chi connectivity index (χ2n) is 4.01. The van der Waals surface area contributed by atoms with Gasteiger partial charge in [0.05, 0.1) is 0 Å². The molecule has 94 valence electrons. The molecule has 0 spiro atoms. The summed E-state index contributed by atoms with van der Waals surface area (Å²) in [4.78, 5) is 13.1.